The molecule has 0 rings (SSSR count). The normalized spacial score (nSPS) is 11.6. The molecule has 0 radical (unpaired) electrons. The predicted octanol–water partition coefficient (Wildman–Crippen LogP) is 2.83. The van der Waals surface area contributed by atoms with E-state index in [1.807, 2.05) is 0 Å². The first kappa shape index (κ1) is 10.1. The molecule has 0 aliphatic heterocycles. The smallest absolute Gasteiger partial charge is 0.151 e. The quantitative estimate of drug-likeness (QED) is 0.580. The van der Waals surface area contributed by atoms with Crippen LogP contribution in [0.25, 0.3) is 0 Å². The molecule has 0 spiro atoms. The Labute approximate surface area is 65.0 Å². The summed E-state index contributed by atoms with van der Waals surface area (Å²) in [5.74, 6) is 0. The highest BCUT2D eigenvalue weighted by Crippen LogP contribution is 2.46. The first-order valence-corrected chi connectivity index (χ1v) is 5.23. The summed E-state index contributed by atoms with van der Waals surface area (Å²) in [6.07, 6.45) is 0. The van der Waals surface area contributed by atoms with E-state index >= 15 is 0 Å². The molecule has 1 nitrogen and oxygen atoms in total. The van der Waals surface area contributed by atoms with Gasteiger partial charge in [-0.15, -0.1) is 0 Å². The maximum Gasteiger partial charge on any atom is 0.151 e. The average Bonchev–Trinajstić information content (AvgIpc) is 1.59. The Bertz CT molecular complexity index is 110. The highest BCUT2D eigenvalue weighted by Gasteiger charge is 2.20. The number of carbonyl (C=O) groups is 1. The van der Waals surface area contributed by atoms with Crippen molar-refractivity contribution in [2.45, 2.75) is 45.9 Å². The molecule has 0 bridgehead atoms. The van der Waals surface area contributed by atoms with Gasteiger partial charge in [0.15, 0.2) is 5.52 Å². The van der Waals surface area contributed by atoms with Crippen molar-refractivity contribution < 1.29 is 4.79 Å². The molecule has 0 N–H and O–H groups in total. The summed E-state index contributed by atoms with van der Waals surface area (Å²) in [4.78, 5) is 11.1. The lowest BCUT2D eigenvalue weighted by Crippen LogP contribution is -2.08. The molecule has 60 valence electrons. The maximum absolute atomic E-state index is 11.1. The van der Waals surface area contributed by atoms with Crippen molar-refractivity contribution in [1.82, 2.24) is 0 Å². The van der Waals surface area contributed by atoms with E-state index in [4.69, 9.17) is 0 Å². The highest BCUT2D eigenvalue weighted by atomic mass is 31.1. The minimum absolute atomic E-state index is 0.377. The first-order chi connectivity index (χ1) is 4.46. The van der Waals surface area contributed by atoms with Crippen molar-refractivity contribution in [2.24, 2.45) is 0 Å². The monoisotopic (exact) mass is 160 g/mol. The van der Waals surface area contributed by atoms with Gasteiger partial charge >= 0.3 is 0 Å². The zero-order valence-corrected chi connectivity index (χ0v) is 8.40. The third-order valence-electron chi connectivity index (χ3n) is 1.48. The number of rotatable bonds is 3. The third kappa shape index (κ3) is 2.79. The van der Waals surface area contributed by atoms with Crippen LogP contribution in [0.5, 0.6) is 0 Å². The first-order valence-electron chi connectivity index (χ1n) is 3.75. The van der Waals surface area contributed by atoms with Gasteiger partial charge in [0.1, 0.15) is 0 Å². The van der Waals surface area contributed by atoms with Crippen molar-refractivity contribution >= 4 is 13.4 Å². The molecule has 0 saturated carbocycles. The van der Waals surface area contributed by atoms with Crippen LogP contribution in [0.1, 0.15) is 34.6 Å². The zero-order chi connectivity index (χ0) is 8.31. The van der Waals surface area contributed by atoms with Gasteiger partial charge in [-0.1, -0.05) is 27.7 Å². The van der Waals surface area contributed by atoms with Crippen LogP contribution in [0.3, 0.4) is 0 Å². The van der Waals surface area contributed by atoms with Gasteiger partial charge in [0.25, 0.3) is 0 Å². The Balaban J connectivity index is 4.12. The molecule has 0 amide bonds. The van der Waals surface area contributed by atoms with Crippen molar-refractivity contribution in [3.05, 3.63) is 0 Å². The zero-order valence-electron chi connectivity index (χ0n) is 7.51. The van der Waals surface area contributed by atoms with Gasteiger partial charge in [0.05, 0.1) is 0 Å². The molecule has 0 aliphatic carbocycles. The van der Waals surface area contributed by atoms with E-state index < -0.39 is 0 Å². The lowest BCUT2D eigenvalue weighted by molar-refractivity contribution is -0.109. The largest absolute Gasteiger partial charge is 0.295 e. The number of hydrogen-bond donors (Lipinski definition) is 0. The van der Waals surface area contributed by atoms with Gasteiger partial charge in [0.2, 0.25) is 0 Å². The minimum Gasteiger partial charge on any atom is -0.295 e. The lowest BCUT2D eigenvalue weighted by atomic mass is 10.5. The summed E-state index contributed by atoms with van der Waals surface area (Å²) in [5, 5.41) is 0. The van der Waals surface area contributed by atoms with E-state index in [2.05, 4.69) is 27.7 Å². The Hall–Kier alpha value is 0.100. The molecular formula is C8H17OP. The molecule has 10 heavy (non-hydrogen) atoms. The van der Waals surface area contributed by atoms with E-state index in [9.17, 15) is 4.79 Å². The molecule has 0 aromatic rings. The molecule has 2 heteroatoms. The summed E-state index contributed by atoms with van der Waals surface area (Å²) in [6, 6.07) is 0. The molecule has 0 aromatic carbocycles. The van der Waals surface area contributed by atoms with E-state index in [0.29, 0.717) is 16.8 Å². The molecule has 0 aliphatic rings. The predicted molar refractivity (Wildman–Crippen MR) is 47.9 cm³/mol. The van der Waals surface area contributed by atoms with Crippen LogP contribution in [-0.4, -0.2) is 16.8 Å². The SMILES string of the molecule is CC(=O)P(C(C)C)C(C)C. The van der Waals surface area contributed by atoms with Gasteiger partial charge in [-0.25, -0.2) is 0 Å². The molecule has 0 saturated heterocycles. The third-order valence-corrected chi connectivity index (χ3v) is 4.43. The molecule has 0 heterocycles. The van der Waals surface area contributed by atoms with Gasteiger partial charge in [-0.2, -0.15) is 0 Å². The van der Waals surface area contributed by atoms with Crippen molar-refractivity contribution in [3.63, 3.8) is 0 Å². The van der Waals surface area contributed by atoms with Crippen LogP contribution >= 0.6 is 7.92 Å². The summed E-state index contributed by atoms with van der Waals surface area (Å²) >= 11 is 0. The Morgan fingerprint density at radius 1 is 1.10 bits per heavy atom. The van der Waals surface area contributed by atoms with E-state index in [-0.39, 0.29) is 7.92 Å². The summed E-state index contributed by atoms with van der Waals surface area (Å²) in [7, 11) is -0.377. The molecule has 0 unspecified atom stereocenters. The van der Waals surface area contributed by atoms with E-state index in [0.717, 1.165) is 0 Å². The summed E-state index contributed by atoms with van der Waals surface area (Å²) in [5.41, 5.74) is 1.49. The fourth-order valence-electron chi connectivity index (χ4n) is 1.32. The van der Waals surface area contributed by atoms with Gasteiger partial charge in [0, 0.05) is 0 Å². The van der Waals surface area contributed by atoms with Crippen LogP contribution in [0.4, 0.5) is 0 Å². The second-order valence-corrected chi connectivity index (χ2v) is 6.62. The Morgan fingerprint density at radius 2 is 1.40 bits per heavy atom. The van der Waals surface area contributed by atoms with Crippen LogP contribution in [-0.2, 0) is 4.79 Å². The second kappa shape index (κ2) is 4.08. The van der Waals surface area contributed by atoms with Gasteiger partial charge in [-0.3, -0.25) is 4.79 Å². The molecule has 0 fully saturated rings. The Morgan fingerprint density at radius 3 is 1.40 bits per heavy atom. The van der Waals surface area contributed by atoms with Crippen molar-refractivity contribution in [2.75, 3.05) is 0 Å². The van der Waals surface area contributed by atoms with Gasteiger partial charge in [-0.05, 0) is 26.2 Å². The van der Waals surface area contributed by atoms with Crippen LogP contribution in [0.2, 0.25) is 0 Å². The van der Waals surface area contributed by atoms with Gasteiger partial charge < -0.3 is 0 Å². The average molecular weight is 160 g/mol. The molecular weight excluding hydrogens is 143 g/mol. The fourth-order valence-corrected chi connectivity index (χ4v) is 3.97. The van der Waals surface area contributed by atoms with E-state index in [1.54, 1.807) is 6.92 Å². The summed E-state index contributed by atoms with van der Waals surface area (Å²) < 4.78 is 0. The topological polar surface area (TPSA) is 17.1 Å². The summed E-state index contributed by atoms with van der Waals surface area (Å²) in [6.45, 7) is 10.2. The standard InChI is InChI=1S/C8H17OP/c1-6(2)10(7(3)4)8(5)9/h6-7H,1-5H3. The van der Waals surface area contributed by atoms with Crippen LogP contribution in [0, 0.1) is 0 Å². The van der Waals surface area contributed by atoms with Crippen LogP contribution in [0.15, 0.2) is 0 Å². The van der Waals surface area contributed by atoms with Crippen LogP contribution < -0.4 is 0 Å². The maximum atomic E-state index is 11.1. The minimum atomic E-state index is -0.377. The van der Waals surface area contributed by atoms with E-state index in [1.165, 1.54) is 0 Å². The molecule has 0 atom stereocenters. The number of carbonyl (C=O) groups excluding carboxylic acids is 1. The van der Waals surface area contributed by atoms with Crippen molar-refractivity contribution in [3.8, 4) is 0 Å². The highest BCUT2D eigenvalue weighted by molar-refractivity contribution is 7.75. The second-order valence-electron chi connectivity index (χ2n) is 3.11. The van der Waals surface area contributed by atoms with Crippen molar-refractivity contribution in [1.29, 1.82) is 0 Å². The molecule has 0 aromatic heterocycles. The lowest BCUT2D eigenvalue weighted by Gasteiger charge is -2.21. The fraction of sp³-hybridized carbons (Fsp3) is 0.875. The number of hydrogen-bond acceptors (Lipinski definition) is 1. The Kier molecular flexibility index (Phi) is 4.12.